The molecule has 106 valence electrons. The van der Waals surface area contributed by atoms with Gasteiger partial charge in [-0.05, 0) is 13.3 Å². The second-order valence-electron chi connectivity index (χ2n) is 4.62. The van der Waals surface area contributed by atoms with Crippen LogP contribution in [0.4, 0.5) is 0 Å². The van der Waals surface area contributed by atoms with Crippen LogP contribution in [0.25, 0.3) is 10.8 Å². The molecule has 0 radical (unpaired) electrons. The van der Waals surface area contributed by atoms with Gasteiger partial charge in [-0.25, -0.2) is 0 Å². The first kappa shape index (κ1) is 14.2. The summed E-state index contributed by atoms with van der Waals surface area (Å²) in [5, 5.41) is 11.6. The van der Waals surface area contributed by atoms with E-state index in [-0.39, 0.29) is 5.75 Å². The zero-order chi connectivity index (χ0) is 14.7. The van der Waals surface area contributed by atoms with Crippen molar-refractivity contribution >= 4 is 16.7 Å². The molecule has 1 N–H and O–H groups in total. The summed E-state index contributed by atoms with van der Waals surface area (Å²) in [6.07, 6.45) is 0.826. The smallest absolute Gasteiger partial charge is 0.308 e. The van der Waals surface area contributed by atoms with Gasteiger partial charge in [0.25, 0.3) is 0 Å². The number of ether oxygens (including phenoxy) is 2. The molecule has 0 saturated carbocycles. The van der Waals surface area contributed by atoms with E-state index in [1.165, 1.54) is 6.92 Å². The van der Waals surface area contributed by atoms with Gasteiger partial charge < -0.3 is 14.6 Å². The molecule has 0 saturated heterocycles. The fourth-order valence-corrected chi connectivity index (χ4v) is 2.11. The van der Waals surface area contributed by atoms with Crippen molar-refractivity contribution in [2.75, 3.05) is 6.61 Å². The van der Waals surface area contributed by atoms with Crippen LogP contribution in [0, 0.1) is 6.92 Å². The fourth-order valence-electron chi connectivity index (χ4n) is 2.11. The van der Waals surface area contributed by atoms with Gasteiger partial charge >= 0.3 is 5.97 Å². The Bertz CT molecular complexity index is 646. The molecule has 2 aromatic rings. The van der Waals surface area contributed by atoms with Gasteiger partial charge in [-0.15, -0.1) is 0 Å². The van der Waals surface area contributed by atoms with E-state index in [2.05, 4.69) is 0 Å². The molecule has 0 aliphatic carbocycles. The maximum absolute atomic E-state index is 11.3. The summed E-state index contributed by atoms with van der Waals surface area (Å²) in [5.41, 5.74) is 0.577. The summed E-state index contributed by atoms with van der Waals surface area (Å²) >= 11 is 0. The quantitative estimate of drug-likeness (QED) is 0.684. The normalized spacial score (nSPS) is 10.6. The lowest BCUT2D eigenvalue weighted by Crippen LogP contribution is -2.06. The summed E-state index contributed by atoms with van der Waals surface area (Å²) < 4.78 is 11.0. The molecule has 2 aromatic carbocycles. The Hall–Kier alpha value is -2.23. The van der Waals surface area contributed by atoms with Crippen molar-refractivity contribution in [3.05, 3.63) is 29.8 Å². The lowest BCUT2D eigenvalue weighted by molar-refractivity contribution is -0.131. The Morgan fingerprint density at radius 3 is 2.45 bits per heavy atom. The van der Waals surface area contributed by atoms with Crippen molar-refractivity contribution in [3.8, 4) is 17.2 Å². The van der Waals surface area contributed by atoms with Crippen LogP contribution in [0.5, 0.6) is 17.2 Å². The van der Waals surface area contributed by atoms with E-state index in [0.29, 0.717) is 34.4 Å². The molecule has 20 heavy (non-hydrogen) atoms. The number of hydrogen-bond acceptors (Lipinski definition) is 4. The number of aromatic hydroxyl groups is 1. The lowest BCUT2D eigenvalue weighted by atomic mass is 10.0. The van der Waals surface area contributed by atoms with E-state index in [1.54, 1.807) is 19.1 Å². The van der Waals surface area contributed by atoms with Crippen LogP contribution in [0.15, 0.2) is 24.3 Å². The molecular weight excluding hydrogens is 256 g/mol. The van der Waals surface area contributed by atoms with Crippen molar-refractivity contribution in [1.29, 1.82) is 0 Å². The zero-order valence-corrected chi connectivity index (χ0v) is 11.9. The molecule has 4 nitrogen and oxygen atoms in total. The molecule has 0 aromatic heterocycles. The van der Waals surface area contributed by atoms with E-state index in [4.69, 9.17) is 9.47 Å². The highest BCUT2D eigenvalue weighted by Gasteiger charge is 2.20. The largest absolute Gasteiger partial charge is 0.507 e. The van der Waals surface area contributed by atoms with Crippen LogP contribution in [0.3, 0.4) is 0 Å². The molecule has 4 heteroatoms. The summed E-state index contributed by atoms with van der Waals surface area (Å²) in [6, 6.07) is 7.24. The molecule has 0 fully saturated rings. The average Bonchev–Trinajstić information content (AvgIpc) is 2.44. The maximum atomic E-state index is 11.3. The summed E-state index contributed by atoms with van der Waals surface area (Å²) in [7, 11) is 0. The number of esters is 1. The first-order chi connectivity index (χ1) is 9.56. The second kappa shape index (κ2) is 5.82. The summed E-state index contributed by atoms with van der Waals surface area (Å²) in [4.78, 5) is 11.3. The number of benzene rings is 2. The molecule has 0 aliphatic heterocycles. The third kappa shape index (κ3) is 2.54. The molecular formula is C16H18O4. The minimum atomic E-state index is -0.415. The fraction of sp³-hybridized carbons (Fsp3) is 0.312. The highest BCUT2D eigenvalue weighted by atomic mass is 16.6. The monoisotopic (exact) mass is 274 g/mol. The first-order valence-corrected chi connectivity index (χ1v) is 6.61. The molecule has 0 spiro atoms. The Morgan fingerprint density at radius 2 is 1.85 bits per heavy atom. The number of rotatable bonds is 4. The zero-order valence-electron chi connectivity index (χ0n) is 11.9. The van der Waals surface area contributed by atoms with Gasteiger partial charge in [0.1, 0.15) is 5.75 Å². The van der Waals surface area contributed by atoms with Gasteiger partial charge in [-0.1, -0.05) is 31.2 Å². The molecule has 0 unspecified atom stereocenters. The minimum Gasteiger partial charge on any atom is -0.507 e. The van der Waals surface area contributed by atoms with Crippen molar-refractivity contribution < 1.29 is 19.4 Å². The topological polar surface area (TPSA) is 55.8 Å². The van der Waals surface area contributed by atoms with Crippen LogP contribution in [0.1, 0.15) is 25.8 Å². The molecule has 0 atom stereocenters. The summed E-state index contributed by atoms with van der Waals surface area (Å²) in [5.74, 6) is 0.541. The summed E-state index contributed by atoms with van der Waals surface area (Å²) in [6.45, 7) is 5.58. The van der Waals surface area contributed by atoms with E-state index in [0.717, 1.165) is 6.42 Å². The van der Waals surface area contributed by atoms with E-state index in [1.807, 2.05) is 19.1 Å². The maximum Gasteiger partial charge on any atom is 0.308 e. The highest BCUT2D eigenvalue weighted by molar-refractivity contribution is 5.98. The number of phenolic OH excluding ortho intramolecular Hbond substituents is 1. The molecule has 0 bridgehead atoms. The number of carbonyl (C=O) groups excluding carboxylic acids is 1. The third-order valence-corrected chi connectivity index (χ3v) is 3.03. The lowest BCUT2D eigenvalue weighted by Gasteiger charge is -2.17. The number of fused-ring (bicyclic) bond motifs is 1. The highest BCUT2D eigenvalue weighted by Crippen LogP contribution is 2.45. The predicted octanol–water partition coefficient (Wildman–Crippen LogP) is 3.57. The predicted molar refractivity (Wildman–Crippen MR) is 77.4 cm³/mol. The van der Waals surface area contributed by atoms with Gasteiger partial charge in [-0.2, -0.15) is 0 Å². The van der Waals surface area contributed by atoms with E-state index in [9.17, 15) is 9.90 Å². The Balaban J connectivity index is 2.72. The van der Waals surface area contributed by atoms with Crippen LogP contribution in [0.2, 0.25) is 0 Å². The third-order valence-electron chi connectivity index (χ3n) is 3.03. The van der Waals surface area contributed by atoms with Gasteiger partial charge in [0.2, 0.25) is 0 Å². The minimum absolute atomic E-state index is 0.155. The number of phenols is 1. The standard InChI is InChI=1S/C16H18O4/c1-4-9-19-15-10(2)14(18)12-7-5-6-8-13(12)16(15)20-11(3)17/h5-8,18H,4,9H2,1-3H3. The Labute approximate surface area is 117 Å². The van der Waals surface area contributed by atoms with Gasteiger partial charge in [0.05, 0.1) is 6.61 Å². The molecule has 0 amide bonds. The van der Waals surface area contributed by atoms with Crippen LogP contribution in [-0.2, 0) is 4.79 Å². The molecule has 0 heterocycles. The van der Waals surface area contributed by atoms with Crippen molar-refractivity contribution in [2.24, 2.45) is 0 Å². The van der Waals surface area contributed by atoms with E-state index < -0.39 is 5.97 Å². The number of hydrogen-bond donors (Lipinski definition) is 1. The first-order valence-electron chi connectivity index (χ1n) is 6.61. The molecule has 2 rings (SSSR count). The second-order valence-corrected chi connectivity index (χ2v) is 4.62. The SMILES string of the molecule is CCCOc1c(C)c(O)c2ccccc2c1OC(C)=O. The molecule has 0 aliphatic rings. The average molecular weight is 274 g/mol. The van der Waals surface area contributed by atoms with Crippen LogP contribution < -0.4 is 9.47 Å². The van der Waals surface area contributed by atoms with E-state index >= 15 is 0 Å². The van der Waals surface area contributed by atoms with Crippen molar-refractivity contribution in [2.45, 2.75) is 27.2 Å². The van der Waals surface area contributed by atoms with Crippen LogP contribution in [-0.4, -0.2) is 17.7 Å². The Morgan fingerprint density at radius 1 is 1.20 bits per heavy atom. The van der Waals surface area contributed by atoms with Crippen molar-refractivity contribution in [3.63, 3.8) is 0 Å². The van der Waals surface area contributed by atoms with Gasteiger partial charge in [-0.3, -0.25) is 4.79 Å². The van der Waals surface area contributed by atoms with Crippen molar-refractivity contribution in [1.82, 2.24) is 0 Å². The van der Waals surface area contributed by atoms with Gasteiger partial charge in [0.15, 0.2) is 11.5 Å². The van der Waals surface area contributed by atoms with Gasteiger partial charge in [0, 0.05) is 23.3 Å². The van der Waals surface area contributed by atoms with Crippen LogP contribution >= 0.6 is 0 Å². The Kier molecular flexibility index (Phi) is 4.13. The number of carbonyl (C=O) groups is 1.